The lowest BCUT2D eigenvalue weighted by Crippen LogP contribution is -2.65. The van der Waals surface area contributed by atoms with E-state index in [0.29, 0.717) is 12.0 Å². The lowest BCUT2D eigenvalue weighted by molar-refractivity contribution is -0.166. The molecule has 110 valence electrons. The first-order valence-electron chi connectivity index (χ1n) is 6.19. The van der Waals surface area contributed by atoms with Crippen molar-refractivity contribution in [3.05, 3.63) is 11.3 Å². The SMILES string of the molecule is COC1C(=O)N2C(C(=O)OC(C)(C)C)=C(C=O)CSC12. The van der Waals surface area contributed by atoms with E-state index in [0.717, 1.165) is 0 Å². The molecule has 2 rings (SSSR count). The molecule has 0 saturated carbocycles. The highest BCUT2D eigenvalue weighted by Crippen LogP contribution is 2.41. The Hall–Kier alpha value is -1.34. The van der Waals surface area contributed by atoms with Gasteiger partial charge in [0.25, 0.3) is 5.91 Å². The summed E-state index contributed by atoms with van der Waals surface area (Å²) in [5.74, 6) is -0.593. The first-order chi connectivity index (χ1) is 9.30. The second kappa shape index (κ2) is 5.21. The van der Waals surface area contributed by atoms with Crippen molar-refractivity contribution in [3.8, 4) is 0 Å². The first-order valence-corrected chi connectivity index (χ1v) is 7.24. The Morgan fingerprint density at radius 2 is 2.10 bits per heavy atom. The normalized spacial score (nSPS) is 26.0. The predicted octanol–water partition coefficient (Wildman–Crippen LogP) is 0.711. The fourth-order valence-electron chi connectivity index (χ4n) is 2.10. The summed E-state index contributed by atoms with van der Waals surface area (Å²) < 4.78 is 10.4. The van der Waals surface area contributed by atoms with Gasteiger partial charge in [0.15, 0.2) is 6.10 Å². The van der Waals surface area contributed by atoms with Crippen molar-refractivity contribution in [1.29, 1.82) is 0 Å². The summed E-state index contributed by atoms with van der Waals surface area (Å²) in [6, 6.07) is 0. The van der Waals surface area contributed by atoms with Crippen molar-refractivity contribution in [2.45, 2.75) is 37.9 Å². The van der Waals surface area contributed by atoms with Gasteiger partial charge in [0.2, 0.25) is 0 Å². The van der Waals surface area contributed by atoms with Gasteiger partial charge >= 0.3 is 5.97 Å². The summed E-state index contributed by atoms with van der Waals surface area (Å²) in [5, 5.41) is -0.265. The van der Waals surface area contributed by atoms with Crippen LogP contribution in [0, 0.1) is 0 Å². The standard InChI is InChI=1S/C13H17NO5S/c1-13(2,3)19-12(17)8-7(5-15)6-20-11-9(18-4)10(16)14(8)11/h5,9,11H,6H2,1-4H3. The highest BCUT2D eigenvalue weighted by atomic mass is 32.2. The molecule has 1 saturated heterocycles. The predicted molar refractivity (Wildman–Crippen MR) is 72.8 cm³/mol. The van der Waals surface area contributed by atoms with Crippen LogP contribution < -0.4 is 0 Å². The molecule has 0 bridgehead atoms. The fourth-order valence-corrected chi connectivity index (χ4v) is 3.41. The number of carbonyl (C=O) groups excluding carboxylic acids is 3. The second-order valence-electron chi connectivity index (χ2n) is 5.56. The van der Waals surface area contributed by atoms with E-state index in [4.69, 9.17) is 9.47 Å². The van der Waals surface area contributed by atoms with Gasteiger partial charge in [-0.15, -0.1) is 11.8 Å². The van der Waals surface area contributed by atoms with Crippen molar-refractivity contribution < 1.29 is 23.9 Å². The van der Waals surface area contributed by atoms with Crippen LogP contribution in [-0.4, -0.2) is 53.0 Å². The van der Waals surface area contributed by atoms with Crippen LogP contribution in [0.2, 0.25) is 0 Å². The van der Waals surface area contributed by atoms with Gasteiger partial charge in [-0.3, -0.25) is 14.5 Å². The number of aldehydes is 1. The molecule has 0 aromatic heterocycles. The minimum Gasteiger partial charge on any atom is -0.455 e. The van der Waals surface area contributed by atoms with E-state index in [1.54, 1.807) is 20.8 Å². The molecule has 2 unspecified atom stereocenters. The zero-order chi connectivity index (χ0) is 15.1. The second-order valence-corrected chi connectivity index (χ2v) is 6.66. The summed E-state index contributed by atoms with van der Waals surface area (Å²) in [7, 11) is 1.45. The van der Waals surface area contributed by atoms with Crippen molar-refractivity contribution in [3.63, 3.8) is 0 Å². The van der Waals surface area contributed by atoms with E-state index in [9.17, 15) is 14.4 Å². The number of hydrogen-bond donors (Lipinski definition) is 0. The summed E-state index contributed by atoms with van der Waals surface area (Å²) >= 11 is 1.40. The lowest BCUT2D eigenvalue weighted by atomic mass is 10.1. The topological polar surface area (TPSA) is 72.9 Å². The fraction of sp³-hybridized carbons (Fsp3) is 0.615. The Kier molecular flexibility index (Phi) is 3.93. The van der Waals surface area contributed by atoms with E-state index in [2.05, 4.69) is 0 Å². The molecule has 7 heteroatoms. The molecule has 0 aromatic rings. The molecule has 2 heterocycles. The van der Waals surface area contributed by atoms with Gasteiger partial charge in [-0.25, -0.2) is 4.79 Å². The average molecular weight is 299 g/mol. The Morgan fingerprint density at radius 3 is 2.60 bits per heavy atom. The third-order valence-electron chi connectivity index (χ3n) is 2.94. The molecule has 2 aliphatic rings. The number of esters is 1. The molecule has 0 N–H and O–H groups in total. The maximum Gasteiger partial charge on any atom is 0.356 e. The number of ether oxygens (including phenoxy) is 2. The van der Waals surface area contributed by atoms with E-state index in [1.165, 1.54) is 23.8 Å². The van der Waals surface area contributed by atoms with Gasteiger partial charge in [-0.1, -0.05) is 0 Å². The van der Waals surface area contributed by atoms with Crippen LogP contribution in [0.15, 0.2) is 11.3 Å². The molecule has 6 nitrogen and oxygen atoms in total. The van der Waals surface area contributed by atoms with Gasteiger partial charge in [0, 0.05) is 18.4 Å². The zero-order valence-electron chi connectivity index (χ0n) is 11.8. The Morgan fingerprint density at radius 1 is 1.45 bits per heavy atom. The van der Waals surface area contributed by atoms with Crippen LogP contribution in [0.25, 0.3) is 0 Å². The molecular formula is C13H17NO5S. The first kappa shape index (κ1) is 15.1. The molecule has 0 spiro atoms. The average Bonchev–Trinajstić information content (AvgIpc) is 2.35. The molecular weight excluding hydrogens is 282 g/mol. The third kappa shape index (κ3) is 2.47. The smallest absolute Gasteiger partial charge is 0.356 e. The number of fused-ring (bicyclic) bond motifs is 1. The summed E-state index contributed by atoms with van der Waals surface area (Å²) in [4.78, 5) is 36.7. The van der Waals surface area contributed by atoms with Gasteiger partial charge in [0.05, 0.1) is 0 Å². The van der Waals surface area contributed by atoms with Crippen LogP contribution in [0.1, 0.15) is 20.8 Å². The Balaban J connectivity index is 2.31. The van der Waals surface area contributed by atoms with E-state index >= 15 is 0 Å². The number of thioether (sulfide) groups is 1. The summed E-state index contributed by atoms with van der Waals surface area (Å²) in [5.41, 5.74) is -0.354. The number of nitrogens with zero attached hydrogens (tertiary/aromatic N) is 1. The van der Waals surface area contributed by atoms with Gasteiger partial charge in [-0.05, 0) is 20.8 Å². The van der Waals surface area contributed by atoms with E-state index in [1.807, 2.05) is 0 Å². The molecule has 2 atom stereocenters. The van der Waals surface area contributed by atoms with Crippen LogP contribution >= 0.6 is 11.8 Å². The minimum atomic E-state index is -0.688. The lowest BCUT2D eigenvalue weighted by Gasteiger charge is -2.48. The maximum atomic E-state index is 12.2. The molecule has 2 aliphatic heterocycles. The number of carbonyl (C=O) groups is 3. The van der Waals surface area contributed by atoms with Crippen LogP contribution in [0.3, 0.4) is 0 Å². The third-order valence-corrected chi connectivity index (χ3v) is 4.21. The van der Waals surface area contributed by atoms with E-state index < -0.39 is 17.7 Å². The number of methoxy groups -OCH3 is 1. The number of rotatable bonds is 3. The Bertz CT molecular complexity index is 493. The molecule has 1 amide bonds. The van der Waals surface area contributed by atoms with Gasteiger partial charge < -0.3 is 9.47 Å². The number of hydrogen-bond acceptors (Lipinski definition) is 6. The Labute approximate surface area is 121 Å². The summed E-state index contributed by atoms with van der Waals surface area (Å²) in [6.07, 6.45) is 0.0428. The zero-order valence-corrected chi connectivity index (χ0v) is 12.7. The van der Waals surface area contributed by atoms with Crippen LogP contribution in [-0.2, 0) is 23.9 Å². The molecule has 20 heavy (non-hydrogen) atoms. The largest absolute Gasteiger partial charge is 0.455 e. The van der Waals surface area contributed by atoms with Crippen molar-refractivity contribution in [1.82, 2.24) is 4.90 Å². The van der Waals surface area contributed by atoms with Crippen molar-refractivity contribution >= 4 is 29.9 Å². The molecule has 1 fully saturated rings. The van der Waals surface area contributed by atoms with Gasteiger partial charge in [-0.2, -0.15) is 0 Å². The van der Waals surface area contributed by atoms with Crippen molar-refractivity contribution in [2.24, 2.45) is 0 Å². The van der Waals surface area contributed by atoms with E-state index in [-0.39, 0.29) is 22.6 Å². The molecule has 0 aliphatic carbocycles. The maximum absolute atomic E-state index is 12.2. The monoisotopic (exact) mass is 299 g/mol. The molecule has 0 radical (unpaired) electrons. The van der Waals surface area contributed by atoms with Gasteiger partial charge in [0.1, 0.15) is 23.0 Å². The summed E-state index contributed by atoms with van der Waals surface area (Å²) in [6.45, 7) is 5.20. The highest BCUT2D eigenvalue weighted by molar-refractivity contribution is 8.00. The van der Waals surface area contributed by atoms with Crippen LogP contribution in [0.5, 0.6) is 0 Å². The quantitative estimate of drug-likeness (QED) is 0.434. The minimum absolute atomic E-state index is 0.0528. The van der Waals surface area contributed by atoms with Crippen LogP contribution in [0.4, 0.5) is 0 Å². The number of amides is 1. The molecule has 0 aromatic carbocycles. The van der Waals surface area contributed by atoms with Crippen molar-refractivity contribution in [2.75, 3.05) is 12.9 Å². The highest BCUT2D eigenvalue weighted by Gasteiger charge is 2.54. The number of β-lactam (4-membered cyclic amide) rings is 1.